The van der Waals surface area contributed by atoms with Gasteiger partial charge in [-0.15, -0.1) is 24.2 Å². The number of likely N-dealkylation sites (N-methyl/N-ethyl adjacent to an activating group) is 2. The molecule has 0 spiro atoms. The third-order valence-electron chi connectivity index (χ3n) is 5.27. The number of ether oxygens (including phenoxy) is 2. The molecule has 0 aromatic carbocycles. The van der Waals surface area contributed by atoms with E-state index in [0.717, 1.165) is 51.9 Å². The van der Waals surface area contributed by atoms with Crippen LogP contribution in [0.25, 0.3) is 0 Å². The maximum Gasteiger partial charge on any atom is 0.319 e. The van der Waals surface area contributed by atoms with Gasteiger partial charge in [-0.1, -0.05) is 0 Å². The molecule has 3 heterocycles. The molecule has 3 rings (SSSR count). The van der Waals surface area contributed by atoms with E-state index in [2.05, 4.69) is 23.9 Å². The van der Waals surface area contributed by atoms with Crippen LogP contribution in [0.15, 0.2) is 0 Å². The van der Waals surface area contributed by atoms with Gasteiger partial charge in [-0.2, -0.15) is 0 Å². The second-order valence-corrected chi connectivity index (χ2v) is 9.03. The van der Waals surface area contributed by atoms with Crippen molar-refractivity contribution in [2.24, 2.45) is 0 Å². The molecule has 0 N–H and O–H groups in total. The number of hydrogen-bond donors (Lipinski definition) is 0. The second-order valence-electron chi connectivity index (χ2n) is 7.62. The lowest BCUT2D eigenvalue weighted by atomic mass is 10.1. The van der Waals surface area contributed by atoms with Gasteiger partial charge in [0.2, 0.25) is 0 Å². The maximum atomic E-state index is 12.4. The van der Waals surface area contributed by atoms with Crippen LogP contribution in [0.2, 0.25) is 0 Å². The van der Waals surface area contributed by atoms with Crippen molar-refractivity contribution >= 4 is 36.1 Å². The maximum absolute atomic E-state index is 12.4. The minimum absolute atomic E-state index is 0. The summed E-state index contributed by atoms with van der Waals surface area (Å²) in [4.78, 5) is 29.2. The molecule has 4 unspecified atom stereocenters. The van der Waals surface area contributed by atoms with Gasteiger partial charge in [0, 0.05) is 13.1 Å². The van der Waals surface area contributed by atoms with E-state index in [1.165, 1.54) is 11.8 Å². The number of hydrogen-bond acceptors (Lipinski definition) is 7. The number of piperidine rings is 2. The number of thioether (sulfide) groups is 1. The van der Waals surface area contributed by atoms with Crippen molar-refractivity contribution < 1.29 is 19.1 Å². The minimum Gasteiger partial charge on any atom is -0.460 e. The van der Waals surface area contributed by atoms with Crippen LogP contribution in [0, 0.1) is 0 Å². The Morgan fingerprint density at radius 1 is 0.808 bits per heavy atom. The highest BCUT2D eigenvalue weighted by Crippen LogP contribution is 2.36. The SMILES string of the molecule is CN1CCCC(OC(=O)C2CCC(C(=O)OC3CCCN(C)C3)S2)C1.Cl. The van der Waals surface area contributed by atoms with Crippen molar-refractivity contribution in [3.63, 3.8) is 0 Å². The number of carbonyl (C=O) groups excluding carboxylic acids is 2. The van der Waals surface area contributed by atoms with Crippen molar-refractivity contribution in [2.75, 3.05) is 40.3 Å². The highest BCUT2D eigenvalue weighted by molar-refractivity contribution is 8.02. The molecule has 0 aromatic heterocycles. The second kappa shape index (κ2) is 10.2. The minimum atomic E-state index is -0.223. The Bertz CT molecular complexity index is 454. The zero-order valence-corrected chi connectivity index (χ0v) is 17.4. The molecule has 4 atom stereocenters. The van der Waals surface area contributed by atoms with Gasteiger partial charge in [0.05, 0.1) is 0 Å². The number of carbonyl (C=O) groups is 2. The van der Waals surface area contributed by atoms with Crippen LogP contribution in [0.1, 0.15) is 38.5 Å². The monoisotopic (exact) mass is 406 g/mol. The van der Waals surface area contributed by atoms with E-state index in [-0.39, 0.29) is 47.1 Å². The Morgan fingerprint density at radius 3 is 1.62 bits per heavy atom. The van der Waals surface area contributed by atoms with Crippen LogP contribution in [0.3, 0.4) is 0 Å². The summed E-state index contributed by atoms with van der Waals surface area (Å²) in [5, 5.41) is -0.447. The van der Waals surface area contributed by atoms with Crippen molar-refractivity contribution in [1.82, 2.24) is 9.80 Å². The molecule has 8 heteroatoms. The van der Waals surface area contributed by atoms with Crippen molar-refractivity contribution in [3.8, 4) is 0 Å². The highest BCUT2D eigenvalue weighted by Gasteiger charge is 2.38. The lowest BCUT2D eigenvalue weighted by Crippen LogP contribution is -2.39. The van der Waals surface area contributed by atoms with Crippen molar-refractivity contribution in [2.45, 2.75) is 61.2 Å². The Morgan fingerprint density at radius 2 is 1.23 bits per heavy atom. The molecule has 0 aliphatic carbocycles. The standard InChI is InChI=1S/C18H30N2O4S.ClH/c1-19-9-3-5-13(11-19)23-17(21)15-7-8-16(25-15)18(22)24-14-6-4-10-20(2)12-14;/h13-16H,3-12H2,1-2H3;1H. The zero-order chi connectivity index (χ0) is 17.8. The summed E-state index contributed by atoms with van der Waals surface area (Å²) in [5.74, 6) is -0.309. The highest BCUT2D eigenvalue weighted by atomic mass is 35.5. The molecule has 150 valence electrons. The van der Waals surface area contributed by atoms with Crippen LogP contribution in [0.4, 0.5) is 0 Å². The van der Waals surface area contributed by atoms with Gasteiger partial charge in [0.25, 0.3) is 0 Å². The summed E-state index contributed by atoms with van der Waals surface area (Å²) in [6.07, 6.45) is 5.41. The van der Waals surface area contributed by atoms with Crippen molar-refractivity contribution in [3.05, 3.63) is 0 Å². The third-order valence-corrected chi connectivity index (χ3v) is 6.79. The van der Waals surface area contributed by atoms with E-state index in [9.17, 15) is 9.59 Å². The average molecular weight is 407 g/mol. The van der Waals surface area contributed by atoms with Crippen LogP contribution >= 0.6 is 24.2 Å². The first-order chi connectivity index (χ1) is 12.0. The molecule has 3 saturated heterocycles. The molecular weight excluding hydrogens is 376 g/mol. The lowest BCUT2D eigenvalue weighted by Gasteiger charge is -2.30. The van der Waals surface area contributed by atoms with E-state index in [1.807, 2.05) is 0 Å². The number of nitrogens with zero attached hydrogens (tertiary/aromatic N) is 2. The third kappa shape index (κ3) is 6.01. The van der Waals surface area contributed by atoms with Gasteiger partial charge in [0.1, 0.15) is 22.7 Å². The number of esters is 2. The fourth-order valence-electron chi connectivity index (χ4n) is 3.89. The van der Waals surface area contributed by atoms with Gasteiger partial charge < -0.3 is 19.3 Å². The first-order valence-corrected chi connectivity index (χ1v) is 10.4. The Balaban J connectivity index is 0.00000243. The Labute approximate surface area is 166 Å². The molecule has 0 saturated carbocycles. The lowest BCUT2D eigenvalue weighted by molar-refractivity contribution is -0.151. The first-order valence-electron chi connectivity index (χ1n) is 9.45. The quantitative estimate of drug-likeness (QED) is 0.661. The van der Waals surface area contributed by atoms with Gasteiger partial charge in [-0.25, -0.2) is 0 Å². The number of rotatable bonds is 4. The van der Waals surface area contributed by atoms with Crippen LogP contribution < -0.4 is 0 Å². The normalized spacial score (nSPS) is 33.3. The fourth-order valence-corrected chi connectivity index (χ4v) is 5.17. The molecule has 0 bridgehead atoms. The number of halogens is 1. The summed E-state index contributed by atoms with van der Waals surface area (Å²) in [6.45, 7) is 3.75. The van der Waals surface area contributed by atoms with E-state index in [0.29, 0.717) is 12.8 Å². The van der Waals surface area contributed by atoms with Gasteiger partial charge in [-0.3, -0.25) is 9.59 Å². The summed E-state index contributed by atoms with van der Waals surface area (Å²) >= 11 is 1.43. The Hall–Kier alpha value is -0.500. The first kappa shape index (κ1) is 21.8. The van der Waals surface area contributed by atoms with E-state index >= 15 is 0 Å². The van der Waals surface area contributed by atoms with E-state index in [1.54, 1.807) is 0 Å². The zero-order valence-electron chi connectivity index (χ0n) is 15.7. The van der Waals surface area contributed by atoms with Crippen LogP contribution in [0.5, 0.6) is 0 Å². The predicted octanol–water partition coefficient (Wildman–Crippen LogP) is 1.95. The molecule has 6 nitrogen and oxygen atoms in total. The molecule has 0 amide bonds. The molecule has 0 aromatic rings. The molecule has 26 heavy (non-hydrogen) atoms. The molecular formula is C18H31ClN2O4S. The summed E-state index contributed by atoms with van der Waals surface area (Å²) in [7, 11) is 4.11. The summed E-state index contributed by atoms with van der Waals surface area (Å²) in [5.41, 5.74) is 0. The smallest absolute Gasteiger partial charge is 0.319 e. The number of likely N-dealkylation sites (tertiary alicyclic amines) is 2. The molecule has 0 radical (unpaired) electrons. The topological polar surface area (TPSA) is 59.1 Å². The largest absolute Gasteiger partial charge is 0.460 e. The summed E-state index contributed by atoms with van der Waals surface area (Å²) < 4.78 is 11.4. The van der Waals surface area contributed by atoms with Gasteiger partial charge in [-0.05, 0) is 65.7 Å². The molecule has 3 aliphatic rings. The average Bonchev–Trinajstić information content (AvgIpc) is 3.05. The molecule has 3 fully saturated rings. The van der Waals surface area contributed by atoms with E-state index in [4.69, 9.17) is 9.47 Å². The van der Waals surface area contributed by atoms with Crippen LogP contribution in [-0.2, 0) is 19.1 Å². The Kier molecular flexibility index (Phi) is 8.51. The van der Waals surface area contributed by atoms with Gasteiger partial charge in [0.15, 0.2) is 0 Å². The summed E-state index contributed by atoms with van der Waals surface area (Å²) in [6, 6.07) is 0. The molecule has 3 aliphatic heterocycles. The fraction of sp³-hybridized carbons (Fsp3) is 0.889. The van der Waals surface area contributed by atoms with Crippen molar-refractivity contribution in [1.29, 1.82) is 0 Å². The van der Waals surface area contributed by atoms with E-state index < -0.39 is 0 Å². The predicted molar refractivity (Wildman–Crippen MR) is 105 cm³/mol. The van der Waals surface area contributed by atoms with Crippen LogP contribution in [-0.4, -0.2) is 84.7 Å². The van der Waals surface area contributed by atoms with Gasteiger partial charge >= 0.3 is 11.9 Å².